The molecule has 0 heterocycles. The fourth-order valence-corrected chi connectivity index (χ4v) is 0. The highest BCUT2D eigenvalue weighted by Gasteiger charge is 1.81. The molecule has 0 rings (SSSR count). The lowest BCUT2D eigenvalue weighted by Crippen LogP contribution is -2.08. The van der Waals surface area contributed by atoms with Crippen LogP contribution in [0.4, 0.5) is 4.70 Å². The second-order valence-corrected chi connectivity index (χ2v) is 1.54. The lowest BCUT2D eigenvalue weighted by molar-refractivity contribution is 0.485. The highest BCUT2D eigenvalue weighted by atomic mass is 32.2. The monoisotopic (exact) mass is 151 g/mol. The summed E-state index contributed by atoms with van der Waals surface area (Å²) in [6.45, 7) is 0. The molecule has 0 fully saturated rings. The summed E-state index contributed by atoms with van der Waals surface area (Å²) in [7, 11) is -4.17. The van der Waals surface area contributed by atoms with Crippen LogP contribution in [-0.4, -0.2) is 13.0 Å². The largest absolute Gasteiger partial charge is 0.344 e. The van der Waals surface area contributed by atoms with Gasteiger partial charge in [-0.25, -0.2) is 5.14 Å². The predicted molar refractivity (Wildman–Crippen MR) is 28.3 cm³/mol. The molecule has 9 N–H and O–H groups in total. The average molecular weight is 151 g/mol. The van der Waals surface area contributed by atoms with Crippen molar-refractivity contribution in [2.24, 2.45) is 5.14 Å². The van der Waals surface area contributed by atoms with Crippen molar-refractivity contribution in [2.75, 3.05) is 0 Å². The van der Waals surface area contributed by atoms with Crippen LogP contribution in [0.2, 0.25) is 0 Å². The molecule has 56 valence electrons. The molecule has 0 unspecified atom stereocenters. The minimum atomic E-state index is -4.17. The number of halogens is 1. The van der Waals surface area contributed by atoms with Crippen molar-refractivity contribution in [3.05, 3.63) is 0 Å². The molecule has 0 aliphatic heterocycles. The van der Waals surface area contributed by atoms with E-state index in [2.05, 4.69) is 5.14 Å². The van der Waals surface area contributed by atoms with Gasteiger partial charge in [0.15, 0.2) is 0 Å². The second-order valence-electron chi connectivity index (χ2n) is 0.515. The summed E-state index contributed by atoms with van der Waals surface area (Å²) in [4.78, 5) is 0. The molecule has 0 amide bonds. The van der Waals surface area contributed by atoms with Gasteiger partial charge in [-0.3, -0.25) is 9.26 Å². The van der Waals surface area contributed by atoms with E-state index in [9.17, 15) is 0 Å². The summed E-state index contributed by atoms with van der Waals surface area (Å²) in [5, 5.41) is 3.88. The first-order valence-electron chi connectivity index (χ1n) is 0.752. The predicted octanol–water partition coefficient (Wildman–Crippen LogP) is -0.776. The van der Waals surface area contributed by atoms with Gasteiger partial charge >= 0.3 is 10.3 Å². The van der Waals surface area contributed by atoms with Gasteiger partial charge in [-0.15, -0.1) is 0 Å². The standard InChI is InChI=1S/FH.H3NO3S.2H3N/c;1-5(2,3)4;;/h1H;(H3,1,2,3,4);2*1H3. The molecule has 0 aromatic heterocycles. The molecule has 0 radical (unpaired) electrons. The SMILES string of the molecule is F.N.N.NS(=O)(=O)O. The molecule has 0 atom stereocenters. The van der Waals surface area contributed by atoms with Crippen LogP contribution in [-0.2, 0) is 10.3 Å². The van der Waals surface area contributed by atoms with Crippen molar-refractivity contribution in [1.29, 1.82) is 0 Å². The van der Waals surface area contributed by atoms with Crippen LogP contribution in [0.5, 0.6) is 0 Å². The highest BCUT2D eigenvalue weighted by Crippen LogP contribution is 1.50. The van der Waals surface area contributed by atoms with Gasteiger partial charge in [0, 0.05) is 0 Å². The Labute approximate surface area is 46.5 Å². The number of hydrogen-bond acceptors (Lipinski definition) is 4. The minimum absolute atomic E-state index is 0. The van der Waals surface area contributed by atoms with Crippen LogP contribution in [0, 0.1) is 0 Å². The van der Waals surface area contributed by atoms with E-state index >= 15 is 0 Å². The fraction of sp³-hybridized carbons (Fsp3) is 0. The first-order chi connectivity index (χ1) is 2.00. The Bertz CT molecular complexity index is 97.7. The Hall–Kier alpha value is -0.280. The molecule has 8 heteroatoms. The van der Waals surface area contributed by atoms with Crippen molar-refractivity contribution in [2.45, 2.75) is 0 Å². The summed E-state index contributed by atoms with van der Waals surface area (Å²) in [6, 6.07) is 0. The number of nitrogens with two attached hydrogens (primary N) is 1. The van der Waals surface area contributed by atoms with E-state index in [0.717, 1.165) is 0 Å². The Balaban J connectivity index is -0.0000000267. The van der Waals surface area contributed by atoms with Crippen LogP contribution < -0.4 is 17.4 Å². The van der Waals surface area contributed by atoms with Gasteiger partial charge in [-0.2, -0.15) is 8.42 Å². The van der Waals surface area contributed by atoms with E-state index in [1.807, 2.05) is 0 Å². The van der Waals surface area contributed by atoms with Crippen LogP contribution in [0.3, 0.4) is 0 Å². The molecule has 0 aromatic rings. The normalized spacial score (nSPS) is 7.25. The maximum atomic E-state index is 8.97. The summed E-state index contributed by atoms with van der Waals surface area (Å²) in [6.07, 6.45) is 0. The molecule has 0 aliphatic carbocycles. The van der Waals surface area contributed by atoms with Crippen LogP contribution in [0.15, 0.2) is 0 Å². The summed E-state index contributed by atoms with van der Waals surface area (Å²) in [5.41, 5.74) is 0. The van der Waals surface area contributed by atoms with E-state index in [1.54, 1.807) is 0 Å². The third kappa shape index (κ3) is 1630. The van der Waals surface area contributed by atoms with Crippen LogP contribution in [0.25, 0.3) is 0 Å². The van der Waals surface area contributed by atoms with Crippen molar-refractivity contribution in [3.8, 4) is 0 Å². The maximum Gasteiger partial charge on any atom is 0.330 e. The zero-order chi connectivity index (χ0) is 4.50. The van der Waals surface area contributed by atoms with Crippen LogP contribution >= 0.6 is 0 Å². The molecule has 0 aromatic carbocycles. The number of rotatable bonds is 0. The zero-order valence-electron chi connectivity index (χ0n) is 4.07. The summed E-state index contributed by atoms with van der Waals surface area (Å²) in [5.74, 6) is 0. The highest BCUT2D eigenvalue weighted by molar-refractivity contribution is 7.83. The fourth-order valence-electron chi connectivity index (χ4n) is 0. The first-order valence-corrected chi connectivity index (χ1v) is 2.25. The van der Waals surface area contributed by atoms with Crippen molar-refractivity contribution < 1.29 is 17.7 Å². The first kappa shape index (κ1) is 25.2. The molecular weight excluding hydrogens is 141 g/mol. The Morgan fingerprint density at radius 1 is 1.25 bits per heavy atom. The van der Waals surface area contributed by atoms with Gasteiger partial charge in [0.1, 0.15) is 0 Å². The van der Waals surface area contributed by atoms with E-state index in [0.29, 0.717) is 0 Å². The van der Waals surface area contributed by atoms with Gasteiger partial charge in [0.2, 0.25) is 0 Å². The van der Waals surface area contributed by atoms with Gasteiger partial charge < -0.3 is 12.3 Å². The van der Waals surface area contributed by atoms with E-state index in [-0.39, 0.29) is 17.0 Å². The zero-order valence-corrected chi connectivity index (χ0v) is 4.89. The van der Waals surface area contributed by atoms with Crippen molar-refractivity contribution >= 4 is 10.3 Å². The number of hydrogen-bond donors (Lipinski definition) is 4. The van der Waals surface area contributed by atoms with Gasteiger partial charge in [0.25, 0.3) is 0 Å². The van der Waals surface area contributed by atoms with Gasteiger partial charge in [-0.1, -0.05) is 0 Å². The third-order valence-corrected chi connectivity index (χ3v) is 0. The summed E-state index contributed by atoms with van der Waals surface area (Å²) >= 11 is 0. The van der Waals surface area contributed by atoms with Crippen molar-refractivity contribution in [3.63, 3.8) is 0 Å². The second kappa shape index (κ2) is 6.72. The van der Waals surface area contributed by atoms with Crippen LogP contribution in [0.1, 0.15) is 0 Å². The summed E-state index contributed by atoms with van der Waals surface area (Å²) < 4.78 is 25.2. The molecule has 0 saturated carbocycles. The molecule has 6 nitrogen and oxygen atoms in total. The quantitative estimate of drug-likeness (QED) is 0.335. The Morgan fingerprint density at radius 3 is 1.25 bits per heavy atom. The van der Waals surface area contributed by atoms with E-state index in [4.69, 9.17) is 13.0 Å². The maximum absolute atomic E-state index is 8.97. The molecule has 0 aliphatic rings. The lowest BCUT2D eigenvalue weighted by Gasteiger charge is -1.70. The Morgan fingerprint density at radius 2 is 1.25 bits per heavy atom. The Kier molecular flexibility index (Phi) is 21.2. The molecule has 8 heavy (non-hydrogen) atoms. The minimum Gasteiger partial charge on any atom is -0.344 e. The van der Waals surface area contributed by atoms with E-state index < -0.39 is 10.3 Å². The van der Waals surface area contributed by atoms with E-state index in [1.165, 1.54) is 0 Å². The molecular formula is H10FN3O3S. The van der Waals surface area contributed by atoms with Crippen molar-refractivity contribution in [1.82, 2.24) is 12.3 Å². The van der Waals surface area contributed by atoms with Gasteiger partial charge in [-0.05, 0) is 0 Å². The smallest absolute Gasteiger partial charge is 0.330 e. The lowest BCUT2D eigenvalue weighted by atomic mass is 13.9. The molecule has 0 spiro atoms. The molecule has 0 saturated heterocycles. The third-order valence-electron chi connectivity index (χ3n) is 0. The molecule has 0 bridgehead atoms. The average Bonchev–Trinajstić information content (AvgIpc) is 0.722. The topological polar surface area (TPSA) is 150 Å². The van der Waals surface area contributed by atoms with Gasteiger partial charge in [0.05, 0.1) is 0 Å².